The van der Waals surface area contributed by atoms with Crippen molar-refractivity contribution in [1.29, 1.82) is 0 Å². The number of aryl methyl sites for hydroxylation is 1. The van der Waals surface area contributed by atoms with Crippen molar-refractivity contribution in [2.75, 3.05) is 0 Å². The zero-order chi connectivity index (χ0) is 16.4. The van der Waals surface area contributed by atoms with Crippen LogP contribution in [-0.4, -0.2) is 10.9 Å². The molecule has 0 aliphatic heterocycles. The Bertz CT molecular complexity index is 966. The van der Waals surface area contributed by atoms with Gasteiger partial charge in [-0.15, -0.1) is 0 Å². The van der Waals surface area contributed by atoms with Crippen LogP contribution in [0.5, 0.6) is 5.75 Å². The molecule has 0 radical (unpaired) electrons. The van der Waals surface area contributed by atoms with Gasteiger partial charge in [0.15, 0.2) is 5.78 Å². The van der Waals surface area contributed by atoms with Gasteiger partial charge >= 0.3 is 5.63 Å². The van der Waals surface area contributed by atoms with Gasteiger partial charge in [-0.25, -0.2) is 4.79 Å². The number of rotatable bonds is 3. The van der Waals surface area contributed by atoms with Gasteiger partial charge in [0, 0.05) is 5.56 Å². The normalized spacial score (nSPS) is 11.2. The Morgan fingerprint density at radius 2 is 1.87 bits per heavy atom. The highest BCUT2D eigenvalue weighted by Gasteiger charge is 2.12. The highest BCUT2D eigenvalue weighted by Crippen LogP contribution is 2.27. The molecule has 4 nitrogen and oxygen atoms in total. The maximum Gasteiger partial charge on any atom is 0.347 e. The first-order valence-electron chi connectivity index (χ1n) is 7.10. The Balaban J connectivity index is 2.03. The predicted octanol–water partition coefficient (Wildman–Crippen LogP) is 3.70. The third-order valence-electron chi connectivity index (χ3n) is 3.53. The second-order valence-electron chi connectivity index (χ2n) is 5.22. The van der Waals surface area contributed by atoms with Crippen LogP contribution in [-0.2, 0) is 0 Å². The van der Waals surface area contributed by atoms with Crippen molar-refractivity contribution >= 4 is 22.8 Å². The quantitative estimate of drug-likeness (QED) is 0.455. The fraction of sp³-hybridized carbons (Fsp3) is 0.0526. The minimum atomic E-state index is -0.683. The van der Waals surface area contributed by atoms with Gasteiger partial charge in [-0.3, -0.25) is 4.79 Å². The lowest BCUT2D eigenvalue weighted by Crippen LogP contribution is -2.04. The number of carbonyl (C=O) groups excluding carboxylic acids is 1. The lowest BCUT2D eigenvalue weighted by molar-refractivity contribution is 0.104. The van der Waals surface area contributed by atoms with E-state index in [0.29, 0.717) is 16.5 Å². The Morgan fingerprint density at radius 3 is 2.61 bits per heavy atom. The van der Waals surface area contributed by atoms with Crippen LogP contribution in [0.4, 0.5) is 0 Å². The number of hydrogen-bond donors (Lipinski definition) is 1. The van der Waals surface area contributed by atoms with E-state index in [4.69, 9.17) is 4.42 Å². The minimum Gasteiger partial charge on any atom is -0.506 e. The first-order valence-corrected chi connectivity index (χ1v) is 7.10. The molecular formula is C19H14O4. The molecule has 3 aromatic rings. The summed E-state index contributed by atoms with van der Waals surface area (Å²) < 4.78 is 5.21. The van der Waals surface area contributed by atoms with E-state index in [0.717, 1.165) is 5.56 Å². The average molecular weight is 306 g/mol. The van der Waals surface area contributed by atoms with Crippen LogP contribution >= 0.6 is 0 Å². The number of fused-ring (bicyclic) bond motifs is 1. The summed E-state index contributed by atoms with van der Waals surface area (Å²) in [6.07, 6.45) is 2.54. The van der Waals surface area contributed by atoms with Crippen molar-refractivity contribution in [3.8, 4) is 5.75 Å². The number of aromatic hydroxyl groups is 1. The zero-order valence-corrected chi connectivity index (χ0v) is 12.4. The molecule has 3 rings (SSSR count). The highest BCUT2D eigenvalue weighted by atomic mass is 16.4. The Labute approximate surface area is 132 Å². The van der Waals surface area contributed by atoms with Crippen molar-refractivity contribution in [3.05, 3.63) is 81.7 Å². The van der Waals surface area contributed by atoms with Crippen molar-refractivity contribution in [3.63, 3.8) is 0 Å². The molecule has 0 saturated carbocycles. The summed E-state index contributed by atoms with van der Waals surface area (Å²) in [5.74, 6) is -0.443. The van der Waals surface area contributed by atoms with Crippen LogP contribution in [0.3, 0.4) is 0 Å². The van der Waals surface area contributed by atoms with Crippen LogP contribution in [0.1, 0.15) is 21.5 Å². The topological polar surface area (TPSA) is 67.5 Å². The van der Waals surface area contributed by atoms with Gasteiger partial charge in [0.2, 0.25) is 0 Å². The van der Waals surface area contributed by atoms with Gasteiger partial charge in [-0.1, -0.05) is 36.4 Å². The fourth-order valence-corrected chi connectivity index (χ4v) is 2.31. The summed E-state index contributed by atoms with van der Waals surface area (Å²) >= 11 is 0. The van der Waals surface area contributed by atoms with Gasteiger partial charge in [0.25, 0.3) is 0 Å². The fourth-order valence-electron chi connectivity index (χ4n) is 2.31. The smallest absolute Gasteiger partial charge is 0.347 e. The van der Waals surface area contributed by atoms with Crippen molar-refractivity contribution in [2.45, 2.75) is 6.92 Å². The molecule has 0 aliphatic rings. The molecule has 2 aromatic carbocycles. The maximum absolute atomic E-state index is 12.0. The molecule has 4 heteroatoms. The van der Waals surface area contributed by atoms with E-state index in [2.05, 4.69) is 0 Å². The molecule has 0 fully saturated rings. The van der Waals surface area contributed by atoms with Gasteiger partial charge < -0.3 is 9.52 Å². The summed E-state index contributed by atoms with van der Waals surface area (Å²) in [6, 6.07) is 13.8. The summed E-state index contributed by atoms with van der Waals surface area (Å²) in [5.41, 5.74) is 1.02. The summed E-state index contributed by atoms with van der Waals surface area (Å²) in [4.78, 5) is 24.1. The molecule has 0 atom stereocenters. The lowest BCUT2D eigenvalue weighted by atomic mass is 10.1. The number of ketones is 1. The van der Waals surface area contributed by atoms with Gasteiger partial charge in [0.1, 0.15) is 16.9 Å². The summed E-state index contributed by atoms with van der Waals surface area (Å²) in [6.45, 7) is 1.86. The van der Waals surface area contributed by atoms with Crippen molar-refractivity contribution in [2.24, 2.45) is 0 Å². The molecule has 1 aromatic heterocycles. The SMILES string of the molecule is Cc1ccc2c(O)c(/C=C/C(=O)c3ccccc3)c(=O)oc2c1. The molecule has 0 saturated heterocycles. The van der Waals surface area contributed by atoms with Gasteiger partial charge in [-0.2, -0.15) is 0 Å². The molecule has 1 N–H and O–H groups in total. The lowest BCUT2D eigenvalue weighted by Gasteiger charge is -2.03. The van der Waals surface area contributed by atoms with Crippen molar-refractivity contribution in [1.82, 2.24) is 0 Å². The molecular weight excluding hydrogens is 292 g/mol. The van der Waals surface area contributed by atoms with Crippen LogP contribution in [0, 0.1) is 6.92 Å². The third-order valence-corrected chi connectivity index (χ3v) is 3.53. The van der Waals surface area contributed by atoms with Crippen LogP contribution < -0.4 is 5.63 Å². The van der Waals surface area contributed by atoms with Crippen LogP contribution in [0.25, 0.3) is 17.0 Å². The molecule has 114 valence electrons. The first-order chi connectivity index (χ1) is 11.1. The van der Waals surface area contributed by atoms with Gasteiger partial charge in [0.05, 0.1) is 5.39 Å². The summed E-state index contributed by atoms with van der Waals surface area (Å²) in [7, 11) is 0. The number of hydrogen-bond acceptors (Lipinski definition) is 4. The van der Waals surface area contributed by atoms with Crippen LogP contribution in [0.2, 0.25) is 0 Å². The molecule has 23 heavy (non-hydrogen) atoms. The molecule has 0 bridgehead atoms. The molecule has 0 aliphatic carbocycles. The van der Waals surface area contributed by atoms with E-state index in [-0.39, 0.29) is 17.1 Å². The number of carbonyl (C=O) groups is 1. The minimum absolute atomic E-state index is 0.0364. The standard InChI is InChI=1S/C19H14O4/c1-12-7-8-14-17(11-12)23-19(22)15(18(14)21)9-10-16(20)13-5-3-2-4-6-13/h2-11,21H,1H3/b10-9+. The van der Waals surface area contributed by atoms with E-state index in [1.807, 2.05) is 19.1 Å². The molecule has 0 spiro atoms. The van der Waals surface area contributed by atoms with Crippen LogP contribution in [0.15, 0.2) is 63.8 Å². The zero-order valence-electron chi connectivity index (χ0n) is 12.4. The van der Waals surface area contributed by atoms with E-state index >= 15 is 0 Å². The number of allylic oxidation sites excluding steroid dienone is 1. The molecule has 0 unspecified atom stereocenters. The Kier molecular flexibility index (Phi) is 3.81. The molecule has 1 heterocycles. The maximum atomic E-state index is 12.0. The first kappa shape index (κ1) is 14.8. The van der Waals surface area contributed by atoms with E-state index < -0.39 is 5.63 Å². The molecule has 0 amide bonds. The summed E-state index contributed by atoms with van der Waals surface area (Å²) in [5, 5.41) is 10.7. The average Bonchev–Trinajstić information content (AvgIpc) is 2.55. The Hall–Kier alpha value is -3.14. The highest BCUT2D eigenvalue weighted by molar-refractivity contribution is 6.07. The predicted molar refractivity (Wildman–Crippen MR) is 88.7 cm³/mol. The Morgan fingerprint density at radius 1 is 1.13 bits per heavy atom. The number of benzene rings is 2. The van der Waals surface area contributed by atoms with E-state index in [1.165, 1.54) is 12.2 Å². The largest absolute Gasteiger partial charge is 0.506 e. The van der Waals surface area contributed by atoms with Gasteiger partial charge in [-0.05, 0) is 36.8 Å². The monoisotopic (exact) mass is 306 g/mol. The van der Waals surface area contributed by atoms with Crippen molar-refractivity contribution < 1.29 is 14.3 Å². The second kappa shape index (κ2) is 5.93. The third kappa shape index (κ3) is 2.92. The van der Waals surface area contributed by atoms with E-state index in [1.54, 1.807) is 36.4 Å². The van der Waals surface area contributed by atoms with E-state index in [9.17, 15) is 14.7 Å². The second-order valence-corrected chi connectivity index (χ2v) is 5.22.